The van der Waals surface area contributed by atoms with E-state index in [-0.39, 0.29) is 17.4 Å². The molecule has 0 aromatic rings. The Morgan fingerprint density at radius 2 is 2.00 bits per heavy atom. The number of nitrogens with zero attached hydrogens (tertiary/aromatic N) is 1. The Morgan fingerprint density at radius 1 is 1.50 bits per heavy atom. The van der Waals surface area contributed by atoms with Crippen LogP contribution in [0, 0.1) is 17.2 Å². The summed E-state index contributed by atoms with van der Waals surface area (Å²) in [5.74, 6) is -0.135. The molecule has 0 aliphatic carbocycles. The van der Waals surface area contributed by atoms with Gasteiger partial charge >= 0.3 is 0 Å². The van der Waals surface area contributed by atoms with E-state index >= 15 is 0 Å². The first-order valence-corrected chi connectivity index (χ1v) is 4.87. The van der Waals surface area contributed by atoms with Crippen molar-refractivity contribution in [2.75, 3.05) is 11.5 Å². The molecule has 4 heteroatoms. The third-order valence-electron chi connectivity index (χ3n) is 0.872. The second kappa shape index (κ2) is 3.57. The zero-order valence-electron chi connectivity index (χ0n) is 6.16. The standard InChI is InChI=1S/C6H11NO2S/c1-6(2)5-10(8,9)4-3-7/h6H,4-5H2,1-2H3. The minimum absolute atomic E-state index is 0.110. The fraction of sp³-hybridized carbons (Fsp3) is 0.833. The lowest BCUT2D eigenvalue weighted by molar-refractivity contribution is 0.585. The van der Waals surface area contributed by atoms with Crippen LogP contribution in [0.3, 0.4) is 0 Å². The summed E-state index contributed by atoms with van der Waals surface area (Å²) in [4.78, 5) is 0. The predicted molar refractivity (Wildman–Crippen MR) is 39.1 cm³/mol. The molecular weight excluding hydrogens is 150 g/mol. The zero-order chi connectivity index (χ0) is 8.20. The van der Waals surface area contributed by atoms with E-state index in [2.05, 4.69) is 0 Å². The minimum atomic E-state index is -3.09. The first kappa shape index (κ1) is 9.44. The van der Waals surface area contributed by atoms with Crippen LogP contribution in [0.25, 0.3) is 0 Å². The van der Waals surface area contributed by atoms with Crippen LogP contribution in [0.2, 0.25) is 0 Å². The summed E-state index contributed by atoms with van der Waals surface area (Å²) < 4.78 is 21.6. The highest BCUT2D eigenvalue weighted by Gasteiger charge is 2.11. The molecule has 0 spiro atoms. The van der Waals surface area contributed by atoms with E-state index in [1.165, 1.54) is 0 Å². The van der Waals surface area contributed by atoms with Gasteiger partial charge in [-0.25, -0.2) is 8.42 Å². The van der Waals surface area contributed by atoms with Crippen LogP contribution in [-0.2, 0) is 9.84 Å². The summed E-state index contributed by atoms with van der Waals surface area (Å²) in [5.41, 5.74) is 0. The van der Waals surface area contributed by atoms with Crippen molar-refractivity contribution in [3.8, 4) is 6.07 Å². The van der Waals surface area contributed by atoms with Gasteiger partial charge in [0.2, 0.25) is 0 Å². The van der Waals surface area contributed by atoms with Crippen molar-refractivity contribution in [2.24, 2.45) is 5.92 Å². The Bertz CT molecular complexity index is 223. The first-order chi connectivity index (χ1) is 4.48. The van der Waals surface area contributed by atoms with Crippen molar-refractivity contribution >= 4 is 9.84 Å². The number of rotatable bonds is 3. The van der Waals surface area contributed by atoms with Crippen LogP contribution in [0.15, 0.2) is 0 Å². The van der Waals surface area contributed by atoms with Crippen molar-refractivity contribution in [1.82, 2.24) is 0 Å². The molecule has 0 aromatic heterocycles. The summed E-state index contributed by atoms with van der Waals surface area (Å²) >= 11 is 0. The molecule has 3 nitrogen and oxygen atoms in total. The van der Waals surface area contributed by atoms with Gasteiger partial charge in [0.1, 0.15) is 5.75 Å². The second-order valence-corrected chi connectivity index (χ2v) is 4.72. The smallest absolute Gasteiger partial charge is 0.163 e. The molecule has 0 bridgehead atoms. The third kappa shape index (κ3) is 4.33. The maximum Gasteiger partial charge on any atom is 0.163 e. The van der Waals surface area contributed by atoms with Crippen LogP contribution < -0.4 is 0 Å². The topological polar surface area (TPSA) is 57.9 Å². The van der Waals surface area contributed by atoms with Gasteiger partial charge in [-0.15, -0.1) is 0 Å². The van der Waals surface area contributed by atoms with Crippen molar-refractivity contribution in [2.45, 2.75) is 13.8 Å². The van der Waals surface area contributed by atoms with E-state index < -0.39 is 9.84 Å². The molecule has 0 saturated carbocycles. The molecule has 0 saturated heterocycles. The van der Waals surface area contributed by atoms with E-state index in [9.17, 15) is 8.42 Å². The molecule has 0 aromatic carbocycles. The molecule has 0 aliphatic heterocycles. The van der Waals surface area contributed by atoms with Gasteiger partial charge in [0.25, 0.3) is 0 Å². The monoisotopic (exact) mass is 161 g/mol. The maximum atomic E-state index is 10.8. The normalized spacial score (nSPS) is 11.4. The molecule has 0 radical (unpaired) electrons. The average molecular weight is 161 g/mol. The summed E-state index contributed by atoms with van der Waals surface area (Å²) in [6.07, 6.45) is 0. The van der Waals surface area contributed by atoms with Crippen LogP contribution in [0.4, 0.5) is 0 Å². The Morgan fingerprint density at radius 3 is 2.30 bits per heavy atom. The molecule has 0 unspecified atom stereocenters. The number of sulfone groups is 1. The fourth-order valence-corrected chi connectivity index (χ4v) is 2.00. The van der Waals surface area contributed by atoms with E-state index in [4.69, 9.17) is 5.26 Å². The number of nitriles is 1. The summed E-state index contributed by atoms with van der Waals surface area (Å²) in [5, 5.41) is 8.09. The predicted octanol–water partition coefficient (Wildman–Crippen LogP) is 0.581. The van der Waals surface area contributed by atoms with Gasteiger partial charge in [-0.2, -0.15) is 5.26 Å². The molecule has 0 atom stereocenters. The highest BCUT2D eigenvalue weighted by molar-refractivity contribution is 7.91. The van der Waals surface area contributed by atoms with Crippen LogP contribution in [-0.4, -0.2) is 19.9 Å². The lowest BCUT2D eigenvalue weighted by Crippen LogP contribution is -2.13. The molecule has 10 heavy (non-hydrogen) atoms. The summed E-state index contributed by atoms with van der Waals surface area (Å²) in [7, 11) is -3.09. The van der Waals surface area contributed by atoms with Crippen molar-refractivity contribution in [1.29, 1.82) is 5.26 Å². The van der Waals surface area contributed by atoms with Crippen molar-refractivity contribution < 1.29 is 8.42 Å². The van der Waals surface area contributed by atoms with Crippen LogP contribution >= 0.6 is 0 Å². The van der Waals surface area contributed by atoms with Crippen molar-refractivity contribution in [3.63, 3.8) is 0 Å². The van der Waals surface area contributed by atoms with Gasteiger partial charge in [0, 0.05) is 0 Å². The zero-order valence-corrected chi connectivity index (χ0v) is 6.98. The van der Waals surface area contributed by atoms with Crippen LogP contribution in [0.1, 0.15) is 13.8 Å². The highest BCUT2D eigenvalue weighted by atomic mass is 32.2. The van der Waals surface area contributed by atoms with E-state index in [1.54, 1.807) is 6.07 Å². The van der Waals surface area contributed by atoms with E-state index in [1.807, 2.05) is 13.8 Å². The molecule has 0 rings (SSSR count). The highest BCUT2D eigenvalue weighted by Crippen LogP contribution is 1.99. The van der Waals surface area contributed by atoms with Gasteiger partial charge in [-0.3, -0.25) is 0 Å². The Balaban J connectivity index is 4.05. The molecule has 0 amide bonds. The third-order valence-corrected chi connectivity index (χ3v) is 2.62. The Labute approximate surface area is 61.6 Å². The van der Waals surface area contributed by atoms with Gasteiger partial charge < -0.3 is 0 Å². The summed E-state index contributed by atoms with van der Waals surface area (Å²) in [6, 6.07) is 1.63. The largest absolute Gasteiger partial charge is 0.228 e. The second-order valence-electron chi connectivity index (χ2n) is 2.61. The maximum absolute atomic E-state index is 10.8. The summed E-state index contributed by atoms with van der Waals surface area (Å²) in [6.45, 7) is 3.63. The number of hydrogen-bond acceptors (Lipinski definition) is 3. The van der Waals surface area contributed by atoms with E-state index in [0.717, 1.165) is 0 Å². The molecule has 0 aliphatic rings. The fourth-order valence-electron chi connectivity index (χ4n) is 0.665. The Hall–Kier alpha value is -0.560. The quantitative estimate of drug-likeness (QED) is 0.608. The minimum Gasteiger partial charge on any atom is -0.228 e. The first-order valence-electron chi connectivity index (χ1n) is 3.05. The van der Waals surface area contributed by atoms with Gasteiger partial charge in [0.05, 0.1) is 11.8 Å². The SMILES string of the molecule is CC(C)CS(=O)(=O)CC#N. The van der Waals surface area contributed by atoms with Gasteiger partial charge in [0.15, 0.2) is 9.84 Å². The van der Waals surface area contributed by atoms with Gasteiger partial charge in [-0.1, -0.05) is 13.8 Å². The van der Waals surface area contributed by atoms with Crippen LogP contribution in [0.5, 0.6) is 0 Å². The Kier molecular flexibility index (Phi) is 3.37. The molecule has 0 heterocycles. The van der Waals surface area contributed by atoms with Gasteiger partial charge in [-0.05, 0) is 5.92 Å². The molecule has 0 N–H and O–H groups in total. The molecule has 0 fully saturated rings. The molecule has 58 valence electrons. The number of hydrogen-bond donors (Lipinski definition) is 0. The average Bonchev–Trinajstić information content (AvgIpc) is 1.59. The molecular formula is C6H11NO2S. The van der Waals surface area contributed by atoms with Crippen molar-refractivity contribution in [3.05, 3.63) is 0 Å². The lowest BCUT2D eigenvalue weighted by atomic mass is 10.3. The van der Waals surface area contributed by atoms with E-state index in [0.29, 0.717) is 0 Å². The lowest BCUT2D eigenvalue weighted by Gasteiger charge is -2.01.